The molecular weight excluding hydrogens is 543 g/mol. The summed E-state index contributed by atoms with van der Waals surface area (Å²) >= 11 is 1.10. The quantitative estimate of drug-likeness (QED) is 0.195. The number of carbonyl (C=O) groups excluding carboxylic acids is 1. The second-order valence-corrected chi connectivity index (χ2v) is 10.1. The number of amides is 1. The van der Waals surface area contributed by atoms with Crippen molar-refractivity contribution >= 4 is 34.3 Å². The van der Waals surface area contributed by atoms with Crippen LogP contribution in [0.2, 0.25) is 0 Å². The first-order valence-electron chi connectivity index (χ1n) is 12.3. The topological polar surface area (TPSA) is 82.5 Å². The Labute approximate surface area is 233 Å². The zero-order valence-corrected chi connectivity index (χ0v) is 23.2. The van der Waals surface area contributed by atoms with Crippen LogP contribution in [0.4, 0.5) is 18.9 Å². The number of nitrogens with zero attached hydrogens (tertiary/aromatic N) is 2. The molecule has 0 aliphatic heterocycles. The van der Waals surface area contributed by atoms with Gasteiger partial charge in [0.25, 0.3) is 5.56 Å². The first kappa shape index (κ1) is 29.0. The minimum absolute atomic E-state index is 0.0150. The number of thioether (sulfide) groups is 1. The lowest BCUT2D eigenvalue weighted by molar-refractivity contribution is -0.137. The highest BCUT2D eigenvalue weighted by Gasteiger charge is 2.30. The van der Waals surface area contributed by atoms with Crippen molar-refractivity contribution in [2.75, 3.05) is 25.3 Å². The number of halogens is 3. The van der Waals surface area contributed by atoms with Crippen LogP contribution in [0.5, 0.6) is 11.5 Å². The number of nitrogens with one attached hydrogen (secondary N) is 1. The molecule has 0 saturated carbocycles. The molecule has 11 heteroatoms. The van der Waals surface area contributed by atoms with Crippen molar-refractivity contribution in [3.63, 3.8) is 0 Å². The molecular formula is C29H28F3N3O4S. The van der Waals surface area contributed by atoms with E-state index in [1.165, 1.54) is 30.9 Å². The van der Waals surface area contributed by atoms with Crippen molar-refractivity contribution in [3.05, 3.63) is 87.2 Å². The Morgan fingerprint density at radius 1 is 1.00 bits per heavy atom. The molecule has 1 aromatic heterocycles. The Balaban J connectivity index is 1.65. The van der Waals surface area contributed by atoms with E-state index < -0.39 is 11.7 Å². The van der Waals surface area contributed by atoms with Crippen molar-refractivity contribution in [2.24, 2.45) is 0 Å². The molecule has 1 amide bonds. The number of benzene rings is 3. The maximum Gasteiger partial charge on any atom is 0.416 e. The molecule has 0 saturated heterocycles. The molecule has 4 rings (SSSR count). The van der Waals surface area contributed by atoms with Gasteiger partial charge in [-0.3, -0.25) is 14.2 Å². The molecule has 0 fully saturated rings. The minimum atomic E-state index is -4.43. The highest BCUT2D eigenvalue weighted by molar-refractivity contribution is 7.99. The summed E-state index contributed by atoms with van der Waals surface area (Å²) in [5.41, 5.74) is 2.51. The molecule has 0 radical (unpaired) electrons. The Kier molecular flexibility index (Phi) is 8.73. The fraction of sp³-hybridized carbons (Fsp3) is 0.276. The lowest BCUT2D eigenvalue weighted by Gasteiger charge is -2.15. The van der Waals surface area contributed by atoms with Crippen LogP contribution in [-0.2, 0) is 23.9 Å². The highest BCUT2D eigenvalue weighted by Crippen LogP contribution is 2.32. The largest absolute Gasteiger partial charge is 0.493 e. The fourth-order valence-corrected chi connectivity index (χ4v) is 4.95. The first-order valence-corrected chi connectivity index (χ1v) is 13.3. The molecule has 0 atom stereocenters. The molecule has 40 heavy (non-hydrogen) atoms. The third kappa shape index (κ3) is 6.59. The molecule has 4 aromatic rings. The first-order chi connectivity index (χ1) is 19.0. The standard InChI is InChI=1S/C29H28F3N3O4S/c1-17-5-6-18(2)22(13-17)33-26(36)16-40-28-34-23-15-25(39-4)24(38-3)14-21(23)27(37)35(28)12-11-19-7-9-20(10-8-19)29(30,31)32/h5-10,13-15H,11-12,16H2,1-4H3,(H,33,36). The van der Waals surface area contributed by atoms with Crippen LogP contribution in [0.15, 0.2) is 64.5 Å². The number of methoxy groups -OCH3 is 2. The SMILES string of the molecule is COc1cc2nc(SCC(=O)Nc3cc(C)ccc3C)n(CCc3ccc(C(F)(F)F)cc3)c(=O)c2cc1OC. The summed E-state index contributed by atoms with van der Waals surface area (Å²) in [6.45, 7) is 3.97. The van der Waals surface area contributed by atoms with Crippen LogP contribution >= 0.6 is 11.8 Å². The molecule has 0 aliphatic carbocycles. The monoisotopic (exact) mass is 571 g/mol. The van der Waals surface area contributed by atoms with Crippen LogP contribution in [0.3, 0.4) is 0 Å². The maximum atomic E-state index is 13.6. The zero-order chi connectivity index (χ0) is 29.0. The Morgan fingerprint density at radius 3 is 2.33 bits per heavy atom. The van der Waals surface area contributed by atoms with Gasteiger partial charge in [0, 0.05) is 18.3 Å². The molecule has 1 heterocycles. The van der Waals surface area contributed by atoms with E-state index in [2.05, 4.69) is 10.3 Å². The number of hydrogen-bond acceptors (Lipinski definition) is 6. The smallest absolute Gasteiger partial charge is 0.416 e. The van der Waals surface area contributed by atoms with Gasteiger partial charge >= 0.3 is 6.18 Å². The summed E-state index contributed by atoms with van der Waals surface area (Å²) in [6.07, 6.45) is -4.15. The van der Waals surface area contributed by atoms with Crippen LogP contribution in [-0.4, -0.2) is 35.4 Å². The molecule has 0 unspecified atom stereocenters. The van der Waals surface area contributed by atoms with E-state index >= 15 is 0 Å². The van der Waals surface area contributed by atoms with Gasteiger partial charge in [-0.1, -0.05) is 36.0 Å². The number of aromatic nitrogens is 2. The second kappa shape index (κ2) is 12.0. The number of aryl methyl sites for hydroxylation is 3. The zero-order valence-electron chi connectivity index (χ0n) is 22.4. The lowest BCUT2D eigenvalue weighted by Crippen LogP contribution is -2.25. The average Bonchev–Trinajstić information content (AvgIpc) is 2.92. The third-order valence-corrected chi connectivity index (χ3v) is 7.31. The van der Waals surface area contributed by atoms with Crippen molar-refractivity contribution in [1.82, 2.24) is 9.55 Å². The van der Waals surface area contributed by atoms with Gasteiger partial charge < -0.3 is 14.8 Å². The van der Waals surface area contributed by atoms with Gasteiger partial charge in [-0.2, -0.15) is 13.2 Å². The molecule has 0 spiro atoms. The van der Waals surface area contributed by atoms with Gasteiger partial charge in [0.1, 0.15) is 0 Å². The number of anilines is 1. The number of hydrogen-bond donors (Lipinski definition) is 1. The van der Waals surface area contributed by atoms with Gasteiger partial charge in [-0.15, -0.1) is 0 Å². The van der Waals surface area contributed by atoms with Crippen molar-refractivity contribution in [2.45, 2.75) is 38.1 Å². The van der Waals surface area contributed by atoms with Gasteiger partial charge in [0.2, 0.25) is 5.91 Å². The van der Waals surface area contributed by atoms with E-state index in [4.69, 9.17) is 9.47 Å². The van der Waals surface area contributed by atoms with Gasteiger partial charge in [-0.05, 0) is 61.2 Å². The molecule has 0 aliphatic rings. The summed E-state index contributed by atoms with van der Waals surface area (Å²) in [4.78, 5) is 31.1. The Hall–Kier alpha value is -3.99. The normalized spacial score (nSPS) is 11.5. The average molecular weight is 572 g/mol. The summed E-state index contributed by atoms with van der Waals surface area (Å²) < 4.78 is 51.0. The van der Waals surface area contributed by atoms with Crippen LogP contribution < -0.4 is 20.3 Å². The molecule has 3 aromatic carbocycles. The second-order valence-electron chi connectivity index (χ2n) is 9.18. The summed E-state index contributed by atoms with van der Waals surface area (Å²) in [7, 11) is 2.93. The van der Waals surface area contributed by atoms with E-state index in [-0.39, 0.29) is 35.6 Å². The van der Waals surface area contributed by atoms with Crippen molar-refractivity contribution in [3.8, 4) is 11.5 Å². The third-order valence-electron chi connectivity index (χ3n) is 6.33. The van der Waals surface area contributed by atoms with Crippen LogP contribution in [0.1, 0.15) is 22.3 Å². The number of fused-ring (bicyclic) bond motifs is 1. The van der Waals surface area contributed by atoms with Gasteiger partial charge in [0.05, 0.1) is 36.4 Å². The molecule has 1 N–H and O–H groups in total. The van der Waals surface area contributed by atoms with Crippen molar-refractivity contribution < 1.29 is 27.4 Å². The van der Waals surface area contributed by atoms with E-state index in [0.717, 1.165) is 35.0 Å². The van der Waals surface area contributed by atoms with Crippen molar-refractivity contribution in [1.29, 1.82) is 0 Å². The summed E-state index contributed by atoms with van der Waals surface area (Å²) in [6, 6.07) is 13.7. The van der Waals surface area contributed by atoms with E-state index in [0.29, 0.717) is 33.4 Å². The van der Waals surface area contributed by atoms with Gasteiger partial charge in [-0.25, -0.2) is 4.98 Å². The minimum Gasteiger partial charge on any atom is -0.493 e. The fourth-order valence-electron chi connectivity index (χ4n) is 4.12. The van der Waals surface area contributed by atoms with Crippen LogP contribution in [0, 0.1) is 13.8 Å². The number of rotatable bonds is 9. The highest BCUT2D eigenvalue weighted by atomic mass is 32.2. The molecule has 7 nitrogen and oxygen atoms in total. The summed E-state index contributed by atoms with van der Waals surface area (Å²) in [5, 5.41) is 3.48. The summed E-state index contributed by atoms with van der Waals surface area (Å²) in [5.74, 6) is 0.470. The lowest BCUT2D eigenvalue weighted by atomic mass is 10.1. The van der Waals surface area contributed by atoms with Crippen LogP contribution in [0.25, 0.3) is 10.9 Å². The van der Waals surface area contributed by atoms with E-state index in [9.17, 15) is 22.8 Å². The van der Waals surface area contributed by atoms with E-state index in [1.807, 2.05) is 32.0 Å². The number of alkyl halides is 3. The number of ether oxygens (including phenoxy) is 2. The molecule has 0 bridgehead atoms. The predicted molar refractivity (Wildman–Crippen MR) is 150 cm³/mol. The molecule has 210 valence electrons. The Morgan fingerprint density at radius 2 is 1.68 bits per heavy atom. The number of carbonyl (C=O) groups is 1. The van der Waals surface area contributed by atoms with Gasteiger partial charge in [0.15, 0.2) is 16.7 Å². The maximum absolute atomic E-state index is 13.6. The predicted octanol–water partition coefficient (Wildman–Crippen LogP) is 6.02. The Bertz CT molecular complexity index is 1600. The van der Waals surface area contributed by atoms with E-state index in [1.54, 1.807) is 12.1 Å².